The van der Waals surface area contributed by atoms with Gasteiger partial charge in [-0.3, -0.25) is 0 Å². The number of anilines is 1. The Morgan fingerprint density at radius 1 is 1.31 bits per heavy atom. The Bertz CT molecular complexity index is 326. The molecule has 3 heteroatoms. The van der Waals surface area contributed by atoms with Crippen LogP contribution >= 0.6 is 0 Å². The van der Waals surface area contributed by atoms with Gasteiger partial charge >= 0.3 is 0 Å². The van der Waals surface area contributed by atoms with E-state index >= 15 is 0 Å². The highest BCUT2D eigenvalue weighted by Crippen LogP contribution is 2.20. The molecule has 90 valence electrons. The number of hydrogen-bond donors (Lipinski definition) is 1. The van der Waals surface area contributed by atoms with Gasteiger partial charge in [-0.1, -0.05) is 13.8 Å². The summed E-state index contributed by atoms with van der Waals surface area (Å²) in [6.45, 7) is 6.80. The molecule has 1 N–H and O–H groups in total. The van der Waals surface area contributed by atoms with Crippen molar-refractivity contribution in [2.75, 3.05) is 25.0 Å². The van der Waals surface area contributed by atoms with E-state index in [1.54, 1.807) is 6.07 Å². The largest absolute Gasteiger partial charge is 0.374 e. The molecule has 0 aromatic heterocycles. The molecule has 0 atom stereocenters. The molecule has 0 bridgehead atoms. The van der Waals surface area contributed by atoms with Crippen LogP contribution in [0.4, 0.5) is 10.1 Å². The molecule has 0 aliphatic rings. The molecule has 1 aromatic carbocycles. The summed E-state index contributed by atoms with van der Waals surface area (Å²) in [6, 6.07) is 5.00. The first-order chi connectivity index (χ1) is 7.69. The molecule has 0 amide bonds. The van der Waals surface area contributed by atoms with Crippen LogP contribution in [0.15, 0.2) is 18.2 Å². The minimum atomic E-state index is -0.165. The third kappa shape index (κ3) is 3.49. The zero-order chi connectivity index (χ0) is 12.0. The summed E-state index contributed by atoms with van der Waals surface area (Å²) in [4.78, 5) is 2.17. The van der Waals surface area contributed by atoms with Gasteiger partial charge in [0.1, 0.15) is 5.82 Å². The van der Waals surface area contributed by atoms with Crippen molar-refractivity contribution < 1.29 is 4.39 Å². The minimum Gasteiger partial charge on any atom is -0.374 e. The van der Waals surface area contributed by atoms with Crippen LogP contribution in [0.1, 0.15) is 25.8 Å². The topological polar surface area (TPSA) is 15.3 Å². The molecule has 0 saturated heterocycles. The molecular weight excluding hydrogens is 203 g/mol. The average Bonchev–Trinajstić information content (AvgIpc) is 2.26. The van der Waals surface area contributed by atoms with Crippen LogP contribution in [0.5, 0.6) is 0 Å². The number of rotatable bonds is 6. The van der Waals surface area contributed by atoms with E-state index < -0.39 is 0 Å². The lowest BCUT2D eigenvalue weighted by atomic mass is 10.1. The standard InChI is InChI=1S/C13H21FN2/c1-4-8-16(3)13-7-6-12(14)9-11(13)10-15-5-2/h6-7,9,15H,4-5,8,10H2,1-3H3. The molecule has 1 aromatic rings. The van der Waals surface area contributed by atoms with Crippen molar-refractivity contribution in [2.24, 2.45) is 0 Å². The monoisotopic (exact) mass is 224 g/mol. The highest BCUT2D eigenvalue weighted by atomic mass is 19.1. The van der Waals surface area contributed by atoms with E-state index in [1.807, 2.05) is 13.1 Å². The smallest absolute Gasteiger partial charge is 0.123 e. The second-order valence-electron chi connectivity index (χ2n) is 3.97. The summed E-state index contributed by atoms with van der Waals surface area (Å²) in [6.07, 6.45) is 1.09. The lowest BCUT2D eigenvalue weighted by Gasteiger charge is -2.22. The maximum atomic E-state index is 13.2. The van der Waals surface area contributed by atoms with Crippen LogP contribution in [0.3, 0.4) is 0 Å². The van der Waals surface area contributed by atoms with Crippen molar-refractivity contribution in [3.63, 3.8) is 0 Å². The van der Waals surface area contributed by atoms with Crippen molar-refractivity contribution in [3.05, 3.63) is 29.6 Å². The van der Waals surface area contributed by atoms with Crippen molar-refractivity contribution in [2.45, 2.75) is 26.8 Å². The van der Waals surface area contributed by atoms with Crippen LogP contribution in [0.25, 0.3) is 0 Å². The van der Waals surface area contributed by atoms with Crippen LogP contribution < -0.4 is 10.2 Å². The number of hydrogen-bond acceptors (Lipinski definition) is 2. The fourth-order valence-electron chi connectivity index (χ4n) is 1.78. The molecule has 2 nitrogen and oxygen atoms in total. The zero-order valence-corrected chi connectivity index (χ0v) is 10.4. The molecule has 0 radical (unpaired) electrons. The number of benzene rings is 1. The first-order valence-corrected chi connectivity index (χ1v) is 5.89. The van der Waals surface area contributed by atoms with E-state index in [9.17, 15) is 4.39 Å². The van der Waals surface area contributed by atoms with Gasteiger partial charge in [0.25, 0.3) is 0 Å². The Morgan fingerprint density at radius 3 is 2.69 bits per heavy atom. The Morgan fingerprint density at radius 2 is 2.06 bits per heavy atom. The third-order valence-corrected chi connectivity index (χ3v) is 2.58. The number of nitrogens with one attached hydrogen (secondary N) is 1. The van der Waals surface area contributed by atoms with E-state index in [-0.39, 0.29) is 5.82 Å². The van der Waals surface area contributed by atoms with Crippen molar-refractivity contribution >= 4 is 5.69 Å². The minimum absolute atomic E-state index is 0.165. The molecule has 0 spiro atoms. The second-order valence-corrected chi connectivity index (χ2v) is 3.97. The highest BCUT2D eigenvalue weighted by Gasteiger charge is 2.07. The van der Waals surface area contributed by atoms with E-state index in [0.717, 1.165) is 37.3 Å². The van der Waals surface area contributed by atoms with Crippen LogP contribution in [0.2, 0.25) is 0 Å². The van der Waals surface area contributed by atoms with Gasteiger partial charge < -0.3 is 10.2 Å². The van der Waals surface area contributed by atoms with E-state index in [2.05, 4.69) is 24.1 Å². The SMILES string of the molecule is CCCN(C)c1ccc(F)cc1CNCC. The molecule has 0 fully saturated rings. The van der Waals surface area contributed by atoms with E-state index in [0.29, 0.717) is 0 Å². The Balaban J connectivity index is 2.88. The first kappa shape index (κ1) is 13.0. The van der Waals surface area contributed by atoms with E-state index in [1.165, 1.54) is 6.07 Å². The highest BCUT2D eigenvalue weighted by molar-refractivity contribution is 5.53. The third-order valence-electron chi connectivity index (χ3n) is 2.58. The van der Waals surface area contributed by atoms with Gasteiger partial charge in [-0.2, -0.15) is 0 Å². The number of nitrogens with zero attached hydrogens (tertiary/aromatic N) is 1. The van der Waals surface area contributed by atoms with Gasteiger partial charge in [0.2, 0.25) is 0 Å². The van der Waals surface area contributed by atoms with Gasteiger partial charge in [0.15, 0.2) is 0 Å². The van der Waals surface area contributed by atoms with Crippen LogP contribution in [-0.4, -0.2) is 20.1 Å². The second kappa shape index (κ2) is 6.48. The van der Waals surface area contributed by atoms with Crippen molar-refractivity contribution in [1.29, 1.82) is 0 Å². The normalized spacial score (nSPS) is 10.5. The van der Waals surface area contributed by atoms with Gasteiger partial charge in [-0.25, -0.2) is 4.39 Å². The fraction of sp³-hybridized carbons (Fsp3) is 0.538. The molecular formula is C13H21FN2. The van der Waals surface area contributed by atoms with Crippen molar-refractivity contribution in [1.82, 2.24) is 5.32 Å². The summed E-state index contributed by atoms with van der Waals surface area (Å²) in [5, 5.41) is 3.24. The van der Waals surface area contributed by atoms with Gasteiger partial charge in [0.05, 0.1) is 0 Å². The van der Waals surface area contributed by atoms with Crippen LogP contribution in [0, 0.1) is 5.82 Å². The van der Waals surface area contributed by atoms with E-state index in [4.69, 9.17) is 0 Å². The lowest BCUT2D eigenvalue weighted by molar-refractivity contribution is 0.621. The fourth-order valence-corrected chi connectivity index (χ4v) is 1.78. The molecule has 0 saturated carbocycles. The predicted octanol–water partition coefficient (Wildman–Crippen LogP) is 2.78. The molecule has 0 unspecified atom stereocenters. The van der Waals surface area contributed by atoms with Crippen LogP contribution in [-0.2, 0) is 6.54 Å². The lowest BCUT2D eigenvalue weighted by Crippen LogP contribution is -2.21. The maximum absolute atomic E-state index is 13.2. The maximum Gasteiger partial charge on any atom is 0.123 e. The molecule has 16 heavy (non-hydrogen) atoms. The summed E-state index contributed by atoms with van der Waals surface area (Å²) in [5.74, 6) is -0.165. The first-order valence-electron chi connectivity index (χ1n) is 5.89. The Hall–Kier alpha value is -1.09. The molecule has 1 rings (SSSR count). The average molecular weight is 224 g/mol. The summed E-state index contributed by atoms with van der Waals surface area (Å²) in [7, 11) is 2.05. The Kier molecular flexibility index (Phi) is 5.26. The predicted molar refractivity (Wildman–Crippen MR) is 67.3 cm³/mol. The molecule has 0 aliphatic carbocycles. The van der Waals surface area contributed by atoms with Gasteiger partial charge in [-0.05, 0) is 36.7 Å². The van der Waals surface area contributed by atoms with Crippen molar-refractivity contribution in [3.8, 4) is 0 Å². The summed E-state index contributed by atoms with van der Waals surface area (Å²) in [5.41, 5.74) is 2.14. The Labute approximate surface area is 97.5 Å². The zero-order valence-electron chi connectivity index (χ0n) is 10.4. The number of halogens is 1. The summed E-state index contributed by atoms with van der Waals surface area (Å²) < 4.78 is 13.2. The molecule has 0 aliphatic heterocycles. The summed E-state index contributed by atoms with van der Waals surface area (Å²) >= 11 is 0. The molecule has 0 heterocycles. The quantitative estimate of drug-likeness (QED) is 0.799. The van der Waals surface area contributed by atoms with Gasteiger partial charge in [0, 0.05) is 25.8 Å². The van der Waals surface area contributed by atoms with Gasteiger partial charge in [-0.15, -0.1) is 0 Å².